The van der Waals surface area contributed by atoms with Crippen molar-refractivity contribution >= 4 is 5.97 Å². The summed E-state index contributed by atoms with van der Waals surface area (Å²) in [5.74, 6) is -1.58. The van der Waals surface area contributed by atoms with Gasteiger partial charge in [-0.3, -0.25) is 4.79 Å². The molecule has 5 rings (SSSR count). The van der Waals surface area contributed by atoms with E-state index in [2.05, 4.69) is 0 Å². The van der Waals surface area contributed by atoms with E-state index in [4.69, 9.17) is 14.2 Å². The summed E-state index contributed by atoms with van der Waals surface area (Å²) in [6.07, 6.45) is -0.364. The summed E-state index contributed by atoms with van der Waals surface area (Å²) in [5.41, 5.74) is -3.44. The zero-order valence-electron chi connectivity index (χ0n) is 12.3. The molecule has 0 aromatic rings. The van der Waals surface area contributed by atoms with E-state index in [0.29, 0.717) is 13.0 Å². The van der Waals surface area contributed by atoms with Gasteiger partial charge < -0.3 is 24.4 Å². The lowest BCUT2D eigenvalue weighted by atomic mass is 9.52. The van der Waals surface area contributed by atoms with Gasteiger partial charge in [-0.15, -0.1) is 0 Å². The molecule has 0 amide bonds. The number of esters is 1. The van der Waals surface area contributed by atoms with E-state index in [1.165, 1.54) is 0 Å². The van der Waals surface area contributed by atoms with Crippen molar-refractivity contribution in [1.29, 1.82) is 0 Å². The number of carbonyl (C=O) groups excluding carboxylic acids is 1. The number of rotatable bonds is 1. The Labute approximate surface area is 122 Å². The lowest BCUT2D eigenvalue weighted by Crippen LogP contribution is -2.66. The van der Waals surface area contributed by atoms with Gasteiger partial charge in [-0.05, 0) is 20.3 Å². The third kappa shape index (κ3) is 1.08. The number of ether oxygens (including phenoxy) is 3. The summed E-state index contributed by atoms with van der Waals surface area (Å²) in [6, 6.07) is 0. The van der Waals surface area contributed by atoms with Crippen LogP contribution < -0.4 is 0 Å². The Morgan fingerprint density at radius 2 is 2.00 bits per heavy atom. The average Bonchev–Trinajstić information content (AvgIpc) is 3.18. The van der Waals surface area contributed by atoms with Crippen molar-refractivity contribution in [3.05, 3.63) is 0 Å². The van der Waals surface area contributed by atoms with E-state index < -0.39 is 40.0 Å². The van der Waals surface area contributed by atoms with Crippen molar-refractivity contribution in [2.45, 2.75) is 62.3 Å². The highest BCUT2D eigenvalue weighted by Crippen LogP contribution is 2.76. The molecule has 3 unspecified atom stereocenters. The van der Waals surface area contributed by atoms with Crippen LogP contribution >= 0.6 is 0 Å². The topological polar surface area (TPSA) is 91.8 Å². The van der Waals surface area contributed by atoms with Gasteiger partial charge in [-0.25, -0.2) is 0 Å². The fourth-order valence-electron chi connectivity index (χ4n) is 5.73. The van der Waals surface area contributed by atoms with E-state index in [0.717, 1.165) is 0 Å². The van der Waals surface area contributed by atoms with Crippen molar-refractivity contribution in [3.8, 4) is 0 Å². The molecule has 21 heavy (non-hydrogen) atoms. The quantitative estimate of drug-likeness (QED) is 0.505. The molecular formula is C15H20O6. The van der Waals surface area contributed by atoms with Gasteiger partial charge in [0.1, 0.15) is 29.5 Å². The van der Waals surface area contributed by atoms with Gasteiger partial charge in [0.05, 0.1) is 18.1 Å². The van der Waals surface area contributed by atoms with Gasteiger partial charge in [-0.2, -0.15) is 0 Å². The molecule has 0 radical (unpaired) electrons. The lowest BCUT2D eigenvalue weighted by Gasteiger charge is -2.53. The van der Waals surface area contributed by atoms with Gasteiger partial charge in [0, 0.05) is 11.3 Å². The summed E-state index contributed by atoms with van der Waals surface area (Å²) in [4.78, 5) is 12.4. The second kappa shape index (κ2) is 3.02. The maximum absolute atomic E-state index is 12.4. The van der Waals surface area contributed by atoms with Crippen LogP contribution in [0.25, 0.3) is 0 Å². The molecule has 0 aromatic carbocycles. The summed E-state index contributed by atoms with van der Waals surface area (Å²) in [7, 11) is 0. The number of hydrogen-bond acceptors (Lipinski definition) is 6. The Bertz CT molecular complexity index is 563. The van der Waals surface area contributed by atoms with Gasteiger partial charge >= 0.3 is 5.97 Å². The lowest BCUT2D eigenvalue weighted by molar-refractivity contribution is -0.209. The summed E-state index contributed by atoms with van der Waals surface area (Å²) >= 11 is 0. The molecule has 2 saturated carbocycles. The van der Waals surface area contributed by atoms with E-state index >= 15 is 0 Å². The van der Waals surface area contributed by atoms with Crippen molar-refractivity contribution in [1.82, 2.24) is 0 Å². The summed E-state index contributed by atoms with van der Waals surface area (Å²) in [6.45, 7) is 5.90. The molecule has 8 atom stereocenters. The first-order valence-corrected chi connectivity index (χ1v) is 7.61. The highest BCUT2D eigenvalue weighted by atomic mass is 16.7. The molecular weight excluding hydrogens is 276 g/mol. The molecule has 3 heterocycles. The SMILES string of the molecule is CC(C)(O)C1C2C[C@@]3(C)[C@@]4(CO4)[C@@H]4O[C@@H]4[C@@]3(O)C1C(=O)O2. The van der Waals surface area contributed by atoms with Crippen molar-refractivity contribution in [2.75, 3.05) is 6.61 Å². The van der Waals surface area contributed by atoms with Crippen LogP contribution in [0.4, 0.5) is 0 Å². The molecule has 6 heteroatoms. The zero-order chi connectivity index (χ0) is 15.0. The Kier molecular flexibility index (Phi) is 1.84. The van der Waals surface area contributed by atoms with Crippen molar-refractivity contribution < 1.29 is 29.2 Å². The van der Waals surface area contributed by atoms with Crippen LogP contribution in [0.15, 0.2) is 0 Å². The van der Waals surface area contributed by atoms with E-state index in [1.807, 2.05) is 6.92 Å². The minimum Gasteiger partial charge on any atom is -0.462 e. The van der Waals surface area contributed by atoms with Crippen LogP contribution in [0, 0.1) is 17.3 Å². The third-order valence-electron chi connectivity index (χ3n) is 6.84. The predicted molar refractivity (Wildman–Crippen MR) is 68.2 cm³/mol. The maximum atomic E-state index is 12.4. The van der Waals surface area contributed by atoms with Gasteiger partial charge in [-0.1, -0.05) is 6.92 Å². The molecule has 0 aromatic heterocycles. The zero-order valence-corrected chi connectivity index (χ0v) is 12.3. The van der Waals surface area contributed by atoms with E-state index in [1.54, 1.807) is 13.8 Å². The Hall–Kier alpha value is -0.690. The van der Waals surface area contributed by atoms with Crippen LogP contribution in [0.1, 0.15) is 27.2 Å². The van der Waals surface area contributed by atoms with Crippen LogP contribution in [0.5, 0.6) is 0 Å². The predicted octanol–water partition coefficient (Wildman–Crippen LogP) is -0.394. The fraction of sp³-hybridized carbons (Fsp3) is 0.933. The van der Waals surface area contributed by atoms with Crippen LogP contribution in [-0.2, 0) is 19.0 Å². The first-order valence-electron chi connectivity index (χ1n) is 7.61. The second-order valence-corrected chi connectivity index (χ2v) is 8.15. The second-order valence-electron chi connectivity index (χ2n) is 8.15. The summed E-state index contributed by atoms with van der Waals surface area (Å²) in [5, 5.41) is 22.0. The minimum absolute atomic E-state index is 0.123. The van der Waals surface area contributed by atoms with Crippen LogP contribution in [0.2, 0.25) is 0 Å². The molecule has 2 aliphatic carbocycles. The minimum atomic E-state index is -1.32. The summed E-state index contributed by atoms with van der Waals surface area (Å²) < 4.78 is 16.9. The van der Waals surface area contributed by atoms with E-state index in [9.17, 15) is 15.0 Å². The average molecular weight is 296 g/mol. The Morgan fingerprint density at radius 1 is 1.33 bits per heavy atom. The molecule has 5 aliphatic rings. The number of aliphatic hydroxyl groups is 2. The molecule has 5 fully saturated rings. The first-order chi connectivity index (χ1) is 9.67. The number of hydrogen-bond donors (Lipinski definition) is 2. The Morgan fingerprint density at radius 3 is 2.57 bits per heavy atom. The molecule has 2 N–H and O–H groups in total. The maximum Gasteiger partial charge on any atom is 0.312 e. The molecule has 116 valence electrons. The molecule has 3 saturated heterocycles. The Balaban J connectivity index is 1.70. The van der Waals surface area contributed by atoms with Gasteiger partial charge in [0.15, 0.2) is 0 Å². The van der Waals surface area contributed by atoms with Crippen molar-refractivity contribution in [2.24, 2.45) is 17.3 Å². The third-order valence-corrected chi connectivity index (χ3v) is 6.84. The largest absolute Gasteiger partial charge is 0.462 e. The smallest absolute Gasteiger partial charge is 0.312 e. The number of fused-ring (bicyclic) bond motifs is 8. The highest BCUT2D eigenvalue weighted by Gasteiger charge is 2.92. The van der Waals surface area contributed by atoms with Gasteiger partial charge in [0.2, 0.25) is 0 Å². The van der Waals surface area contributed by atoms with Gasteiger partial charge in [0.25, 0.3) is 0 Å². The fourth-order valence-corrected chi connectivity index (χ4v) is 5.73. The van der Waals surface area contributed by atoms with E-state index in [-0.39, 0.29) is 18.3 Å². The number of epoxide rings is 2. The van der Waals surface area contributed by atoms with Crippen LogP contribution in [0.3, 0.4) is 0 Å². The molecule has 2 bridgehead atoms. The molecule has 1 spiro atoms. The first kappa shape index (κ1) is 12.8. The monoisotopic (exact) mass is 296 g/mol. The van der Waals surface area contributed by atoms with Crippen LogP contribution in [-0.4, -0.2) is 57.9 Å². The number of carbonyl (C=O) groups is 1. The molecule has 6 nitrogen and oxygen atoms in total. The van der Waals surface area contributed by atoms with Crippen molar-refractivity contribution in [3.63, 3.8) is 0 Å². The standard InChI is InChI=1S/C15H20O6/c1-12(2,17)7-6-4-13(3)14(5-19-14)9-10(21-9)15(13,18)8(7)11(16)20-6/h6-10,17-18H,4-5H2,1-3H3/t6?,7?,8?,9-,10+,13+,14-,15+/m1/s1. The normalized spacial score (nSPS) is 63.3. The molecule has 3 aliphatic heterocycles. The highest BCUT2D eigenvalue weighted by molar-refractivity contribution is 5.79.